The van der Waals surface area contributed by atoms with Crippen molar-refractivity contribution in [3.05, 3.63) is 188 Å². The molecule has 0 bridgehead atoms. The summed E-state index contributed by atoms with van der Waals surface area (Å²) in [5.41, 5.74) is 8.26. The average Bonchev–Trinajstić information content (AvgIpc) is 3.15. The molecule has 0 saturated carbocycles. The van der Waals surface area contributed by atoms with Crippen molar-refractivity contribution in [3.8, 4) is 22.3 Å². The van der Waals surface area contributed by atoms with Crippen molar-refractivity contribution >= 4 is 60.2 Å². The Labute approximate surface area is 274 Å². The van der Waals surface area contributed by atoms with E-state index in [4.69, 9.17) is 0 Å². The van der Waals surface area contributed by atoms with Crippen LogP contribution in [0.1, 0.15) is 0 Å². The van der Waals surface area contributed by atoms with Crippen LogP contribution in [0.3, 0.4) is 0 Å². The van der Waals surface area contributed by atoms with E-state index in [9.17, 15) is 0 Å². The van der Waals surface area contributed by atoms with Crippen LogP contribution >= 0.6 is 0 Å². The van der Waals surface area contributed by atoms with Crippen molar-refractivity contribution in [3.63, 3.8) is 0 Å². The zero-order valence-electron chi connectivity index (χ0n) is 25.8. The molecule has 0 saturated heterocycles. The fraction of sp³-hybridized carbons (Fsp3) is 0. The van der Waals surface area contributed by atoms with E-state index >= 15 is 0 Å². The van der Waals surface area contributed by atoms with Gasteiger partial charge in [0.05, 0.1) is 0 Å². The van der Waals surface area contributed by atoms with E-state index in [0.29, 0.717) is 0 Å². The normalized spacial score (nSPS) is 11.4. The molecule has 0 N–H and O–H groups in total. The van der Waals surface area contributed by atoms with E-state index in [1.165, 1.54) is 65.3 Å². The van der Waals surface area contributed by atoms with E-state index in [1.54, 1.807) is 0 Å². The fourth-order valence-corrected chi connectivity index (χ4v) is 7.10. The van der Waals surface area contributed by atoms with Crippen molar-refractivity contribution in [1.82, 2.24) is 0 Å². The molecule has 220 valence electrons. The number of anilines is 3. The van der Waals surface area contributed by atoms with Crippen molar-refractivity contribution in [2.75, 3.05) is 4.90 Å². The lowest BCUT2D eigenvalue weighted by Crippen LogP contribution is -2.09. The van der Waals surface area contributed by atoms with E-state index in [-0.39, 0.29) is 0 Å². The SMILES string of the molecule is c1ccc(N(c2ccc(-c3ccc4ccccc4c3)cc2)c2ccc(-c3cc4ccc5ccccc5c4c4ccccc34)cc2)cc1. The Morgan fingerprint density at radius 1 is 0.277 bits per heavy atom. The van der Waals surface area contributed by atoms with Gasteiger partial charge in [0.2, 0.25) is 0 Å². The van der Waals surface area contributed by atoms with Crippen LogP contribution < -0.4 is 4.90 Å². The summed E-state index contributed by atoms with van der Waals surface area (Å²) in [5, 5.41) is 10.2. The Morgan fingerprint density at radius 3 is 1.53 bits per heavy atom. The van der Waals surface area contributed by atoms with Gasteiger partial charge in [-0.2, -0.15) is 0 Å². The molecule has 9 aromatic carbocycles. The highest BCUT2D eigenvalue weighted by Crippen LogP contribution is 2.40. The molecule has 0 radical (unpaired) electrons. The molecule has 0 amide bonds. The second-order valence-electron chi connectivity index (χ2n) is 12.2. The highest BCUT2D eigenvalue weighted by molar-refractivity contribution is 6.23. The van der Waals surface area contributed by atoms with Crippen LogP contribution in [0, 0.1) is 0 Å². The van der Waals surface area contributed by atoms with Gasteiger partial charge in [-0.15, -0.1) is 0 Å². The van der Waals surface area contributed by atoms with Crippen molar-refractivity contribution in [2.45, 2.75) is 0 Å². The summed E-state index contributed by atoms with van der Waals surface area (Å²) in [4.78, 5) is 2.33. The van der Waals surface area contributed by atoms with Gasteiger partial charge in [-0.25, -0.2) is 0 Å². The van der Waals surface area contributed by atoms with Gasteiger partial charge >= 0.3 is 0 Å². The van der Waals surface area contributed by atoms with Gasteiger partial charge in [0.25, 0.3) is 0 Å². The first-order valence-corrected chi connectivity index (χ1v) is 16.2. The maximum Gasteiger partial charge on any atom is 0.0462 e. The summed E-state index contributed by atoms with van der Waals surface area (Å²) in [7, 11) is 0. The Kier molecular flexibility index (Phi) is 6.54. The molecule has 0 atom stereocenters. The maximum atomic E-state index is 2.36. The van der Waals surface area contributed by atoms with Crippen molar-refractivity contribution < 1.29 is 0 Å². The van der Waals surface area contributed by atoms with Crippen LogP contribution in [-0.4, -0.2) is 0 Å². The Balaban J connectivity index is 1.12. The highest BCUT2D eigenvalue weighted by Gasteiger charge is 2.15. The van der Waals surface area contributed by atoms with Gasteiger partial charge < -0.3 is 4.90 Å². The predicted octanol–water partition coefficient (Wildman–Crippen LogP) is 13.1. The number of fused-ring (bicyclic) bond motifs is 6. The average molecular weight is 598 g/mol. The third kappa shape index (κ3) is 4.81. The second-order valence-corrected chi connectivity index (χ2v) is 12.2. The van der Waals surface area contributed by atoms with E-state index in [1.807, 2.05) is 0 Å². The van der Waals surface area contributed by atoms with Gasteiger partial charge in [0.1, 0.15) is 0 Å². The van der Waals surface area contributed by atoms with Crippen LogP contribution in [0.4, 0.5) is 17.1 Å². The van der Waals surface area contributed by atoms with Gasteiger partial charge in [-0.1, -0.05) is 140 Å². The number of nitrogens with zero attached hydrogens (tertiary/aromatic N) is 1. The van der Waals surface area contributed by atoms with Crippen LogP contribution in [-0.2, 0) is 0 Å². The summed E-state index contributed by atoms with van der Waals surface area (Å²) in [6, 6.07) is 68.2. The van der Waals surface area contributed by atoms with Crippen LogP contribution in [0.5, 0.6) is 0 Å². The molecule has 1 nitrogen and oxygen atoms in total. The minimum absolute atomic E-state index is 1.12. The Bertz CT molecular complexity index is 2550. The molecule has 9 rings (SSSR count). The molecule has 47 heavy (non-hydrogen) atoms. The number of hydrogen-bond donors (Lipinski definition) is 0. The summed E-state index contributed by atoms with van der Waals surface area (Å²) < 4.78 is 0. The fourth-order valence-electron chi connectivity index (χ4n) is 7.10. The largest absolute Gasteiger partial charge is 0.311 e. The molecule has 1 heteroatoms. The lowest BCUT2D eigenvalue weighted by Gasteiger charge is -2.26. The smallest absolute Gasteiger partial charge is 0.0462 e. The minimum Gasteiger partial charge on any atom is -0.311 e. The second kappa shape index (κ2) is 11.3. The quantitative estimate of drug-likeness (QED) is 0.178. The predicted molar refractivity (Wildman–Crippen MR) is 202 cm³/mol. The van der Waals surface area contributed by atoms with Gasteiger partial charge in [0, 0.05) is 17.1 Å². The molecule has 0 fully saturated rings. The summed E-state index contributed by atoms with van der Waals surface area (Å²) >= 11 is 0. The molecule has 0 aromatic heterocycles. The van der Waals surface area contributed by atoms with Gasteiger partial charge in [-0.05, 0) is 114 Å². The molecule has 0 aliphatic carbocycles. The molecular formula is C46H31N. The monoisotopic (exact) mass is 597 g/mol. The summed E-state index contributed by atoms with van der Waals surface area (Å²) in [6.45, 7) is 0. The van der Waals surface area contributed by atoms with Crippen LogP contribution in [0.2, 0.25) is 0 Å². The van der Waals surface area contributed by atoms with E-state index in [2.05, 4.69) is 193 Å². The first-order chi connectivity index (χ1) is 23.3. The minimum atomic E-state index is 1.12. The zero-order chi connectivity index (χ0) is 31.2. The van der Waals surface area contributed by atoms with Crippen LogP contribution in [0.25, 0.3) is 65.3 Å². The molecular weight excluding hydrogens is 567 g/mol. The third-order valence-corrected chi connectivity index (χ3v) is 9.41. The topological polar surface area (TPSA) is 3.24 Å². The summed E-state index contributed by atoms with van der Waals surface area (Å²) in [5.74, 6) is 0. The van der Waals surface area contributed by atoms with E-state index in [0.717, 1.165) is 17.1 Å². The number of benzene rings is 9. The zero-order valence-corrected chi connectivity index (χ0v) is 25.8. The Morgan fingerprint density at radius 2 is 0.787 bits per heavy atom. The van der Waals surface area contributed by atoms with Gasteiger partial charge in [-0.3, -0.25) is 0 Å². The van der Waals surface area contributed by atoms with Gasteiger partial charge in [0.15, 0.2) is 0 Å². The Hall–Kier alpha value is -6.18. The lowest BCUT2D eigenvalue weighted by molar-refractivity contribution is 1.28. The maximum absolute atomic E-state index is 2.36. The first-order valence-electron chi connectivity index (χ1n) is 16.2. The van der Waals surface area contributed by atoms with Crippen molar-refractivity contribution in [2.24, 2.45) is 0 Å². The van der Waals surface area contributed by atoms with Crippen molar-refractivity contribution in [1.29, 1.82) is 0 Å². The number of rotatable bonds is 5. The molecule has 0 heterocycles. The highest BCUT2D eigenvalue weighted by atomic mass is 15.1. The molecule has 9 aromatic rings. The molecule has 0 aliphatic heterocycles. The van der Waals surface area contributed by atoms with E-state index < -0.39 is 0 Å². The number of para-hydroxylation sites is 1. The lowest BCUT2D eigenvalue weighted by atomic mass is 9.91. The van der Waals surface area contributed by atoms with Crippen LogP contribution in [0.15, 0.2) is 188 Å². The first kappa shape index (κ1) is 27.2. The standard InChI is InChI=1S/C46H31N/c1-2-13-39(14-3-1)47(40-26-22-33(23-27-40)37-20-18-32-10-4-5-12-36(32)30-37)41-28-24-35(25-29-41)45-31-38-21-19-34-11-6-7-15-42(34)46(38)44-17-9-8-16-43(44)45/h1-31H. The third-order valence-electron chi connectivity index (χ3n) is 9.41. The molecule has 0 spiro atoms. The summed E-state index contributed by atoms with van der Waals surface area (Å²) in [6.07, 6.45) is 0. The molecule has 0 aliphatic rings. The number of hydrogen-bond acceptors (Lipinski definition) is 1. The molecule has 0 unspecified atom stereocenters.